The van der Waals surface area contributed by atoms with Gasteiger partial charge in [0.15, 0.2) is 5.82 Å². The van der Waals surface area contributed by atoms with E-state index >= 15 is 0 Å². The highest BCUT2D eigenvalue weighted by Gasteiger charge is 2.28. The van der Waals surface area contributed by atoms with Crippen molar-refractivity contribution in [2.75, 3.05) is 27.2 Å². The smallest absolute Gasteiger partial charge is 0.319 e. The molecule has 140 valence electrons. The van der Waals surface area contributed by atoms with Gasteiger partial charge in [0.25, 0.3) is 0 Å². The third kappa shape index (κ3) is 4.91. The summed E-state index contributed by atoms with van der Waals surface area (Å²) in [6.07, 6.45) is 1.63. The first-order valence-electron chi connectivity index (χ1n) is 8.68. The molecule has 1 aliphatic rings. The predicted octanol–water partition coefficient (Wildman–Crippen LogP) is -0.0622. The maximum atomic E-state index is 12.1. The molecule has 25 heavy (non-hydrogen) atoms. The summed E-state index contributed by atoms with van der Waals surface area (Å²) in [7, 11) is 3.49. The van der Waals surface area contributed by atoms with Gasteiger partial charge >= 0.3 is 6.03 Å². The van der Waals surface area contributed by atoms with E-state index in [2.05, 4.69) is 10.1 Å². The number of piperidine rings is 1. The van der Waals surface area contributed by atoms with E-state index in [1.54, 1.807) is 23.7 Å². The Morgan fingerprint density at radius 1 is 1.36 bits per heavy atom. The van der Waals surface area contributed by atoms with Crippen molar-refractivity contribution < 1.29 is 14.7 Å². The van der Waals surface area contributed by atoms with Crippen molar-refractivity contribution in [1.82, 2.24) is 24.6 Å². The van der Waals surface area contributed by atoms with Gasteiger partial charge in [-0.05, 0) is 19.3 Å². The van der Waals surface area contributed by atoms with Crippen LogP contribution in [0.5, 0.6) is 0 Å². The number of amides is 3. The molecule has 1 aliphatic heterocycles. The first-order chi connectivity index (χ1) is 11.8. The fraction of sp³-hybridized carbons (Fsp3) is 0.750. The number of carbonyl (C=O) groups excluding carboxylic acids is 2. The molecule has 1 saturated heterocycles. The number of hydrogen-bond acceptors (Lipinski definition) is 5. The van der Waals surface area contributed by atoms with Crippen LogP contribution in [0.2, 0.25) is 0 Å². The second kappa shape index (κ2) is 8.28. The zero-order chi connectivity index (χ0) is 18.6. The third-order valence-corrected chi connectivity index (χ3v) is 4.44. The first kappa shape index (κ1) is 19.2. The summed E-state index contributed by atoms with van der Waals surface area (Å²) in [4.78, 5) is 31.1. The van der Waals surface area contributed by atoms with E-state index in [0.29, 0.717) is 31.9 Å². The average Bonchev–Trinajstić information content (AvgIpc) is 2.95. The number of likely N-dealkylation sites (tertiary alicyclic amines) is 1. The maximum absolute atomic E-state index is 12.1. The number of aliphatic hydroxyl groups is 1. The molecule has 0 saturated carbocycles. The van der Waals surface area contributed by atoms with Crippen molar-refractivity contribution in [2.45, 2.75) is 51.2 Å². The van der Waals surface area contributed by atoms with Crippen LogP contribution in [0.1, 0.15) is 43.8 Å². The summed E-state index contributed by atoms with van der Waals surface area (Å²) in [6, 6.07) is 0.00994. The fourth-order valence-corrected chi connectivity index (χ4v) is 3.01. The van der Waals surface area contributed by atoms with Crippen molar-refractivity contribution in [1.29, 1.82) is 0 Å². The number of primary amides is 1. The molecule has 0 aliphatic carbocycles. The second-order valence-electron chi connectivity index (χ2n) is 6.71. The molecule has 3 N–H and O–H groups in total. The summed E-state index contributed by atoms with van der Waals surface area (Å²) in [5.41, 5.74) is 5.24. The van der Waals surface area contributed by atoms with Crippen LogP contribution in [0.25, 0.3) is 0 Å². The molecule has 2 rings (SSSR count). The standard InChI is InChI=1S/C16H28N6O3/c1-4-12(23)10-22-15(18-14(19-22)9-13(17)24)11-5-7-21(8-6-11)16(25)20(2)3/h11-12,23H,4-10H2,1-3H3,(H2,17,24)/t12-/m0/s1. The van der Waals surface area contributed by atoms with Crippen molar-refractivity contribution in [3.63, 3.8) is 0 Å². The van der Waals surface area contributed by atoms with E-state index in [9.17, 15) is 14.7 Å². The number of rotatable bonds is 6. The van der Waals surface area contributed by atoms with Crippen LogP contribution >= 0.6 is 0 Å². The van der Waals surface area contributed by atoms with E-state index in [0.717, 1.165) is 18.7 Å². The normalized spacial score (nSPS) is 16.7. The summed E-state index contributed by atoms with van der Waals surface area (Å²) in [5.74, 6) is 0.814. The lowest BCUT2D eigenvalue weighted by atomic mass is 9.96. The summed E-state index contributed by atoms with van der Waals surface area (Å²) in [6.45, 7) is 3.54. The van der Waals surface area contributed by atoms with Gasteiger partial charge in [-0.15, -0.1) is 0 Å². The Bertz CT molecular complexity index is 607. The zero-order valence-electron chi connectivity index (χ0n) is 15.2. The minimum atomic E-state index is -0.516. The van der Waals surface area contributed by atoms with E-state index in [1.807, 2.05) is 11.8 Å². The van der Waals surface area contributed by atoms with Crippen molar-refractivity contribution >= 4 is 11.9 Å². The van der Waals surface area contributed by atoms with Gasteiger partial charge in [0.1, 0.15) is 5.82 Å². The molecule has 0 bridgehead atoms. The Morgan fingerprint density at radius 3 is 2.52 bits per heavy atom. The highest BCUT2D eigenvalue weighted by Crippen LogP contribution is 2.27. The van der Waals surface area contributed by atoms with Gasteiger partial charge in [-0.1, -0.05) is 6.92 Å². The number of hydrogen-bond donors (Lipinski definition) is 2. The van der Waals surface area contributed by atoms with Gasteiger partial charge in [0.05, 0.1) is 19.1 Å². The van der Waals surface area contributed by atoms with Gasteiger partial charge in [-0.3, -0.25) is 4.79 Å². The number of carbonyl (C=O) groups is 2. The number of aliphatic hydroxyl groups excluding tert-OH is 1. The number of aromatic nitrogens is 3. The Labute approximate surface area is 147 Å². The molecule has 9 heteroatoms. The largest absolute Gasteiger partial charge is 0.391 e. The van der Waals surface area contributed by atoms with Crippen LogP contribution in [-0.4, -0.2) is 74.9 Å². The SMILES string of the molecule is CC[C@H](O)Cn1nc(CC(N)=O)nc1C1CCN(C(=O)N(C)C)CC1. The molecule has 1 aromatic heterocycles. The van der Waals surface area contributed by atoms with Crippen LogP contribution in [0, 0.1) is 0 Å². The van der Waals surface area contributed by atoms with Crippen molar-refractivity contribution in [3.8, 4) is 0 Å². The van der Waals surface area contributed by atoms with E-state index in [-0.39, 0.29) is 18.4 Å². The predicted molar refractivity (Wildman–Crippen MR) is 91.8 cm³/mol. The first-order valence-corrected chi connectivity index (χ1v) is 8.68. The van der Waals surface area contributed by atoms with E-state index in [1.165, 1.54) is 0 Å². The topological polar surface area (TPSA) is 118 Å². The van der Waals surface area contributed by atoms with Gasteiger partial charge in [0.2, 0.25) is 5.91 Å². The van der Waals surface area contributed by atoms with Crippen LogP contribution < -0.4 is 5.73 Å². The molecule has 2 heterocycles. The molecule has 0 unspecified atom stereocenters. The van der Waals surface area contributed by atoms with Crippen LogP contribution in [-0.2, 0) is 17.8 Å². The molecule has 0 spiro atoms. The fourth-order valence-electron chi connectivity index (χ4n) is 3.01. The molecule has 3 amide bonds. The summed E-state index contributed by atoms with van der Waals surface area (Å²) >= 11 is 0. The molecule has 1 aromatic rings. The molecular formula is C16H28N6O3. The van der Waals surface area contributed by atoms with Gasteiger partial charge in [-0.25, -0.2) is 14.5 Å². The lowest BCUT2D eigenvalue weighted by molar-refractivity contribution is -0.117. The number of nitrogens with zero attached hydrogens (tertiary/aromatic N) is 5. The van der Waals surface area contributed by atoms with Crippen molar-refractivity contribution in [3.05, 3.63) is 11.6 Å². The van der Waals surface area contributed by atoms with Gasteiger partial charge in [-0.2, -0.15) is 5.10 Å². The molecule has 0 radical (unpaired) electrons. The van der Waals surface area contributed by atoms with Gasteiger partial charge in [0, 0.05) is 33.1 Å². The average molecular weight is 352 g/mol. The Kier molecular flexibility index (Phi) is 6.35. The molecular weight excluding hydrogens is 324 g/mol. The van der Waals surface area contributed by atoms with Crippen molar-refractivity contribution in [2.24, 2.45) is 5.73 Å². The minimum absolute atomic E-state index is 0.00994. The van der Waals surface area contributed by atoms with Crippen LogP contribution in [0.3, 0.4) is 0 Å². The van der Waals surface area contributed by atoms with E-state index < -0.39 is 12.0 Å². The molecule has 9 nitrogen and oxygen atoms in total. The second-order valence-corrected chi connectivity index (χ2v) is 6.71. The maximum Gasteiger partial charge on any atom is 0.319 e. The number of nitrogens with two attached hydrogens (primary N) is 1. The highest BCUT2D eigenvalue weighted by atomic mass is 16.3. The van der Waals surface area contributed by atoms with Gasteiger partial charge < -0.3 is 20.6 Å². The molecule has 1 atom stereocenters. The molecule has 1 fully saturated rings. The summed E-state index contributed by atoms with van der Waals surface area (Å²) in [5, 5.41) is 14.3. The zero-order valence-corrected chi connectivity index (χ0v) is 15.2. The minimum Gasteiger partial charge on any atom is -0.391 e. The highest BCUT2D eigenvalue weighted by molar-refractivity contribution is 5.75. The lowest BCUT2D eigenvalue weighted by Gasteiger charge is -2.33. The third-order valence-electron chi connectivity index (χ3n) is 4.44. The summed E-state index contributed by atoms with van der Waals surface area (Å²) < 4.78 is 1.69. The quantitative estimate of drug-likeness (QED) is 0.743. The Balaban J connectivity index is 2.13. The Morgan fingerprint density at radius 2 is 2.00 bits per heavy atom. The molecule has 0 aromatic carbocycles. The lowest BCUT2D eigenvalue weighted by Crippen LogP contribution is -2.43. The van der Waals surface area contributed by atoms with Crippen LogP contribution in [0.4, 0.5) is 4.79 Å². The van der Waals surface area contributed by atoms with Crippen LogP contribution in [0.15, 0.2) is 0 Å². The van der Waals surface area contributed by atoms with E-state index in [4.69, 9.17) is 5.73 Å². The Hall–Kier alpha value is -2.16. The monoisotopic (exact) mass is 352 g/mol. The number of urea groups is 1.